The number of anilines is 1. The number of hydrogen-bond donors (Lipinski definition) is 2. The molecule has 150 valence electrons. The normalized spacial score (nSPS) is 12.6. The lowest BCUT2D eigenvalue weighted by atomic mass is 10.0. The van der Waals surface area contributed by atoms with Crippen molar-refractivity contribution in [3.8, 4) is 17.1 Å². The van der Waals surface area contributed by atoms with Crippen LogP contribution >= 0.6 is 0 Å². The van der Waals surface area contributed by atoms with Crippen LogP contribution in [0.3, 0.4) is 0 Å². The minimum absolute atomic E-state index is 0.0546. The maximum Gasteiger partial charge on any atom is 0.471 e. The monoisotopic (exact) mass is 406 g/mol. The molecule has 2 N–H and O–H groups in total. The van der Waals surface area contributed by atoms with Crippen molar-refractivity contribution in [2.45, 2.75) is 26.1 Å². The molecule has 1 aliphatic heterocycles. The highest BCUT2D eigenvalue weighted by Gasteiger charge is 2.39. The molecule has 4 rings (SSSR count). The third kappa shape index (κ3) is 3.02. The molecule has 12 heteroatoms. The highest BCUT2D eigenvalue weighted by Crippen LogP contribution is 2.36. The van der Waals surface area contributed by atoms with E-state index in [2.05, 4.69) is 15.1 Å². The number of carboxylic acids is 1. The second kappa shape index (κ2) is 6.43. The predicted octanol–water partition coefficient (Wildman–Crippen LogP) is 2.25. The van der Waals surface area contributed by atoms with Crippen molar-refractivity contribution in [3.63, 3.8) is 0 Å². The molecule has 0 spiro atoms. The number of hydrogen-bond acceptors (Lipinski definition) is 5. The first-order chi connectivity index (χ1) is 13.7. The summed E-state index contributed by atoms with van der Waals surface area (Å²) < 4.78 is 41.0. The van der Waals surface area contributed by atoms with E-state index in [4.69, 9.17) is 0 Å². The van der Waals surface area contributed by atoms with Crippen molar-refractivity contribution in [1.82, 2.24) is 24.3 Å². The number of rotatable bonds is 3. The Kier molecular flexibility index (Phi) is 4.14. The van der Waals surface area contributed by atoms with Gasteiger partial charge in [-0.15, -0.1) is 0 Å². The number of benzene rings is 1. The van der Waals surface area contributed by atoms with Gasteiger partial charge in [0.25, 0.3) is 0 Å². The minimum Gasteiger partial charge on any atom is -0.476 e. The smallest absolute Gasteiger partial charge is 0.471 e. The van der Waals surface area contributed by atoms with Crippen LogP contribution in [0.5, 0.6) is 0 Å². The Morgan fingerprint density at radius 1 is 1.28 bits per heavy atom. The number of nitrogens with zero attached hydrogens (tertiary/aromatic N) is 5. The molecule has 0 fully saturated rings. The van der Waals surface area contributed by atoms with Crippen molar-refractivity contribution in [2.75, 3.05) is 5.32 Å². The molecule has 0 atom stereocenters. The van der Waals surface area contributed by atoms with E-state index in [1.54, 1.807) is 11.5 Å². The molecule has 2 aromatic heterocycles. The number of carbonyl (C=O) groups excluding carboxylic acids is 1. The van der Waals surface area contributed by atoms with Gasteiger partial charge in [0.15, 0.2) is 11.5 Å². The van der Waals surface area contributed by atoms with E-state index < -0.39 is 18.1 Å². The largest absolute Gasteiger partial charge is 0.476 e. The Morgan fingerprint density at radius 3 is 2.69 bits per heavy atom. The molecule has 0 radical (unpaired) electrons. The van der Waals surface area contributed by atoms with Crippen LogP contribution in [0.15, 0.2) is 24.8 Å². The van der Waals surface area contributed by atoms with E-state index in [-0.39, 0.29) is 17.9 Å². The first kappa shape index (κ1) is 18.7. The van der Waals surface area contributed by atoms with Crippen molar-refractivity contribution >= 4 is 17.6 Å². The van der Waals surface area contributed by atoms with Crippen molar-refractivity contribution < 1.29 is 27.9 Å². The third-order valence-corrected chi connectivity index (χ3v) is 4.55. The summed E-state index contributed by atoms with van der Waals surface area (Å²) in [4.78, 5) is 31.1. The molecule has 1 aromatic carbocycles. The fraction of sp³-hybridized carbons (Fsp3) is 0.235. The first-order valence-electron chi connectivity index (χ1n) is 8.43. The van der Waals surface area contributed by atoms with Crippen LogP contribution in [-0.2, 0) is 17.8 Å². The van der Waals surface area contributed by atoms with E-state index in [1.807, 2.05) is 5.32 Å². The van der Waals surface area contributed by atoms with E-state index in [1.165, 1.54) is 29.5 Å². The minimum atomic E-state index is -5.03. The van der Waals surface area contributed by atoms with Crippen LogP contribution in [0, 0.1) is 0 Å². The van der Waals surface area contributed by atoms with Gasteiger partial charge in [0.2, 0.25) is 0 Å². The fourth-order valence-electron chi connectivity index (χ4n) is 3.32. The lowest BCUT2D eigenvalue weighted by molar-refractivity contribution is -0.167. The maximum absolute atomic E-state index is 12.7. The molecule has 29 heavy (non-hydrogen) atoms. The Hall–Kier alpha value is -3.70. The number of carboxylic acid groups (broad SMARTS) is 1. The Bertz CT molecular complexity index is 1150. The molecule has 3 heterocycles. The Morgan fingerprint density at radius 2 is 2.03 bits per heavy atom. The number of aryl methyl sites for hydroxylation is 1. The van der Waals surface area contributed by atoms with Gasteiger partial charge in [-0.1, -0.05) is 6.92 Å². The average molecular weight is 406 g/mol. The number of amides is 1. The summed E-state index contributed by atoms with van der Waals surface area (Å²) in [5.74, 6) is -2.97. The van der Waals surface area contributed by atoms with Crippen molar-refractivity contribution in [1.29, 1.82) is 0 Å². The van der Waals surface area contributed by atoms with Gasteiger partial charge in [0.1, 0.15) is 12.7 Å². The second-order valence-electron chi connectivity index (χ2n) is 6.29. The van der Waals surface area contributed by atoms with E-state index in [0.29, 0.717) is 34.8 Å². The highest BCUT2D eigenvalue weighted by molar-refractivity contribution is 5.96. The van der Waals surface area contributed by atoms with Crippen LogP contribution in [0.1, 0.15) is 28.7 Å². The molecular formula is C17H13F3N6O3. The number of carbonyl (C=O) groups is 2. The molecule has 0 unspecified atom stereocenters. The van der Waals surface area contributed by atoms with Crippen LogP contribution < -0.4 is 5.32 Å². The van der Waals surface area contributed by atoms with Crippen LogP contribution in [0.4, 0.5) is 18.9 Å². The highest BCUT2D eigenvalue weighted by atomic mass is 19.4. The number of fused-ring (bicyclic) bond motifs is 5. The quantitative estimate of drug-likeness (QED) is 0.539. The number of aromatic nitrogens is 5. The van der Waals surface area contributed by atoms with E-state index in [0.717, 1.165) is 0 Å². The van der Waals surface area contributed by atoms with Crippen LogP contribution in [0.2, 0.25) is 0 Å². The summed E-state index contributed by atoms with van der Waals surface area (Å²) in [6.07, 6.45) is -2.03. The van der Waals surface area contributed by atoms with Crippen LogP contribution in [0.25, 0.3) is 17.1 Å². The van der Waals surface area contributed by atoms with Gasteiger partial charge in [-0.3, -0.25) is 9.36 Å². The van der Waals surface area contributed by atoms with Gasteiger partial charge >= 0.3 is 18.1 Å². The molecular weight excluding hydrogens is 393 g/mol. The number of halogens is 3. The van der Waals surface area contributed by atoms with Crippen LogP contribution in [-0.4, -0.2) is 47.5 Å². The summed E-state index contributed by atoms with van der Waals surface area (Å²) in [5.41, 5.74) is 1.64. The zero-order chi connectivity index (χ0) is 20.9. The molecule has 9 nitrogen and oxygen atoms in total. The lowest BCUT2D eigenvalue weighted by Gasteiger charge is -2.17. The molecule has 0 bridgehead atoms. The van der Waals surface area contributed by atoms with E-state index in [9.17, 15) is 27.9 Å². The van der Waals surface area contributed by atoms with Gasteiger partial charge in [0, 0.05) is 11.3 Å². The zero-order valence-corrected chi connectivity index (χ0v) is 14.9. The fourth-order valence-corrected chi connectivity index (χ4v) is 3.32. The van der Waals surface area contributed by atoms with Gasteiger partial charge in [0.05, 0.1) is 17.9 Å². The SMILES string of the molecule is CCc1cc(NC(=O)C(F)(F)F)cc2c1-n1cnc(C(=O)O)c1Cn1ncnc1-2. The number of imidazole rings is 1. The van der Waals surface area contributed by atoms with E-state index >= 15 is 0 Å². The first-order valence-corrected chi connectivity index (χ1v) is 8.43. The predicted molar refractivity (Wildman–Crippen MR) is 92.7 cm³/mol. The van der Waals surface area contributed by atoms with Gasteiger partial charge < -0.3 is 10.4 Å². The molecule has 0 saturated heterocycles. The summed E-state index contributed by atoms with van der Waals surface area (Å²) in [6.45, 7) is 1.84. The molecule has 1 amide bonds. The number of alkyl halides is 3. The standard InChI is InChI=1S/C17H13F3N6O3/c1-2-8-3-9(24-16(29)17(18,19)20)4-10-13(8)25-7-22-12(15(27)28)11(25)5-26-14(10)21-6-23-26/h3-4,6-7H,2,5H2,1H3,(H,24,29)(H,27,28). The molecule has 0 aliphatic carbocycles. The van der Waals surface area contributed by atoms with Gasteiger partial charge in [-0.25, -0.2) is 19.4 Å². The Labute approximate surface area is 160 Å². The summed E-state index contributed by atoms with van der Waals surface area (Å²) >= 11 is 0. The summed E-state index contributed by atoms with van der Waals surface area (Å²) in [6, 6.07) is 2.77. The zero-order valence-electron chi connectivity index (χ0n) is 14.9. The molecule has 3 aromatic rings. The third-order valence-electron chi connectivity index (χ3n) is 4.55. The van der Waals surface area contributed by atoms with Gasteiger partial charge in [-0.2, -0.15) is 18.3 Å². The summed E-state index contributed by atoms with van der Waals surface area (Å²) in [5, 5.41) is 15.4. The molecule has 1 aliphatic rings. The summed E-state index contributed by atoms with van der Waals surface area (Å²) in [7, 11) is 0. The number of nitrogens with one attached hydrogen (secondary N) is 1. The Balaban J connectivity index is 1.96. The average Bonchev–Trinajstić information content (AvgIpc) is 3.25. The van der Waals surface area contributed by atoms with Crippen molar-refractivity contribution in [2.24, 2.45) is 0 Å². The molecule has 0 saturated carbocycles. The van der Waals surface area contributed by atoms with Gasteiger partial charge in [-0.05, 0) is 24.1 Å². The topological polar surface area (TPSA) is 115 Å². The van der Waals surface area contributed by atoms with Crippen molar-refractivity contribution in [3.05, 3.63) is 41.7 Å². The maximum atomic E-state index is 12.7. The number of aromatic carboxylic acids is 1. The second-order valence-corrected chi connectivity index (χ2v) is 6.29. The lowest BCUT2D eigenvalue weighted by Crippen LogP contribution is -2.30.